The molecule has 0 aromatic heterocycles. The summed E-state index contributed by atoms with van der Waals surface area (Å²) in [7, 11) is -3.85. The molecule has 92 valence electrons. The number of hydrogen-bond acceptors (Lipinski definition) is 4. The molecule has 0 atom stereocenters. The number of hydrogen-bond donors (Lipinski definition) is 2. The summed E-state index contributed by atoms with van der Waals surface area (Å²) in [6.07, 6.45) is -0.985. The molecule has 0 aromatic carbocycles. The quantitative estimate of drug-likeness (QED) is 0.544. The highest BCUT2D eigenvalue weighted by molar-refractivity contribution is 7.88. The highest BCUT2D eigenvalue weighted by Gasteiger charge is 2.14. The number of carbonyl (C=O) groups is 1. The first-order valence-corrected chi connectivity index (χ1v) is 6.23. The summed E-state index contributed by atoms with van der Waals surface area (Å²) in [5, 5.41) is 0. The van der Waals surface area contributed by atoms with Crippen molar-refractivity contribution < 1.29 is 17.9 Å². The van der Waals surface area contributed by atoms with Crippen LogP contribution in [0.2, 0.25) is 0 Å². The molecule has 0 spiro atoms. The van der Waals surface area contributed by atoms with Gasteiger partial charge in [-0.2, -0.15) is 13.1 Å². The summed E-state index contributed by atoms with van der Waals surface area (Å²) in [5.41, 5.74) is 0. The Morgan fingerprint density at radius 2 is 2.06 bits per heavy atom. The summed E-state index contributed by atoms with van der Waals surface area (Å²) in [5.74, 6) is 5.31. The standard InChI is InChI=1S/C9H16N2O4S/c1-4-5-6-7-10-16(13,14)11-9(12)15-8(2)3/h8,10H,6-7H2,1-3H3,(H,11,12). The van der Waals surface area contributed by atoms with Crippen molar-refractivity contribution in [2.24, 2.45) is 0 Å². The Balaban J connectivity index is 4.03. The van der Waals surface area contributed by atoms with E-state index in [1.54, 1.807) is 25.5 Å². The molecule has 0 saturated carbocycles. The Kier molecular flexibility index (Phi) is 6.53. The molecule has 0 aliphatic heterocycles. The smallest absolute Gasteiger partial charge is 0.422 e. The van der Waals surface area contributed by atoms with Crippen LogP contribution in [0.15, 0.2) is 0 Å². The van der Waals surface area contributed by atoms with Crippen LogP contribution in [0.3, 0.4) is 0 Å². The van der Waals surface area contributed by atoms with Crippen molar-refractivity contribution >= 4 is 16.3 Å². The van der Waals surface area contributed by atoms with E-state index in [2.05, 4.69) is 21.3 Å². The van der Waals surface area contributed by atoms with Crippen LogP contribution in [0.25, 0.3) is 0 Å². The summed E-state index contributed by atoms with van der Waals surface area (Å²) >= 11 is 0. The molecule has 0 aliphatic rings. The molecule has 1 amide bonds. The van der Waals surface area contributed by atoms with E-state index in [9.17, 15) is 13.2 Å². The molecule has 0 saturated heterocycles. The third-order valence-electron chi connectivity index (χ3n) is 1.28. The maximum atomic E-state index is 11.2. The zero-order valence-corrected chi connectivity index (χ0v) is 10.3. The monoisotopic (exact) mass is 248 g/mol. The van der Waals surface area contributed by atoms with Crippen LogP contribution in [-0.2, 0) is 14.9 Å². The van der Waals surface area contributed by atoms with E-state index < -0.39 is 16.3 Å². The van der Waals surface area contributed by atoms with Gasteiger partial charge in [-0.15, -0.1) is 11.8 Å². The first-order valence-electron chi connectivity index (χ1n) is 4.75. The zero-order chi connectivity index (χ0) is 12.6. The normalized spacial score (nSPS) is 10.5. The van der Waals surface area contributed by atoms with Gasteiger partial charge in [-0.3, -0.25) is 0 Å². The number of amides is 1. The van der Waals surface area contributed by atoms with E-state index in [-0.39, 0.29) is 12.6 Å². The highest BCUT2D eigenvalue weighted by atomic mass is 32.2. The topological polar surface area (TPSA) is 84.5 Å². The van der Waals surface area contributed by atoms with Gasteiger partial charge in [-0.25, -0.2) is 9.52 Å². The summed E-state index contributed by atoms with van der Waals surface area (Å²) < 4.78 is 30.9. The molecule has 0 aliphatic carbocycles. The molecule has 0 unspecified atom stereocenters. The average molecular weight is 248 g/mol. The fourth-order valence-electron chi connectivity index (χ4n) is 0.757. The lowest BCUT2D eigenvalue weighted by molar-refractivity contribution is 0.121. The Labute approximate surface area is 95.9 Å². The molecule has 0 rings (SSSR count). The van der Waals surface area contributed by atoms with Crippen LogP contribution in [0.5, 0.6) is 0 Å². The zero-order valence-electron chi connectivity index (χ0n) is 9.53. The second-order valence-corrected chi connectivity index (χ2v) is 4.63. The minimum atomic E-state index is -3.85. The molecule has 0 heterocycles. The number of rotatable bonds is 5. The Morgan fingerprint density at radius 1 is 1.44 bits per heavy atom. The highest BCUT2D eigenvalue weighted by Crippen LogP contribution is 1.89. The molecule has 16 heavy (non-hydrogen) atoms. The lowest BCUT2D eigenvalue weighted by atomic mass is 10.4. The third-order valence-corrected chi connectivity index (χ3v) is 2.30. The fourth-order valence-corrected chi connectivity index (χ4v) is 1.47. The van der Waals surface area contributed by atoms with Crippen LogP contribution in [0, 0.1) is 11.8 Å². The van der Waals surface area contributed by atoms with E-state index >= 15 is 0 Å². The molecule has 0 radical (unpaired) electrons. The minimum Gasteiger partial charge on any atom is -0.446 e. The van der Waals surface area contributed by atoms with Crippen LogP contribution >= 0.6 is 0 Å². The predicted octanol–water partition coefficient (Wildman–Crippen LogP) is 0.369. The van der Waals surface area contributed by atoms with Gasteiger partial charge < -0.3 is 4.74 Å². The van der Waals surface area contributed by atoms with Gasteiger partial charge in [-0.05, 0) is 20.8 Å². The van der Waals surface area contributed by atoms with Crippen molar-refractivity contribution in [1.82, 2.24) is 9.44 Å². The van der Waals surface area contributed by atoms with Crippen LogP contribution in [-0.4, -0.2) is 27.2 Å². The van der Waals surface area contributed by atoms with Gasteiger partial charge >= 0.3 is 16.3 Å². The number of carbonyl (C=O) groups excluding carboxylic acids is 1. The van der Waals surface area contributed by atoms with Gasteiger partial charge in [0.05, 0.1) is 6.10 Å². The lowest BCUT2D eigenvalue weighted by Gasteiger charge is -2.10. The fraction of sp³-hybridized carbons (Fsp3) is 0.667. The van der Waals surface area contributed by atoms with Crippen LogP contribution in [0.1, 0.15) is 27.2 Å². The van der Waals surface area contributed by atoms with E-state index in [4.69, 9.17) is 0 Å². The second kappa shape index (κ2) is 7.09. The molecule has 0 bridgehead atoms. The molecule has 6 nitrogen and oxygen atoms in total. The van der Waals surface area contributed by atoms with Crippen molar-refractivity contribution in [2.75, 3.05) is 6.54 Å². The average Bonchev–Trinajstić information content (AvgIpc) is 2.10. The maximum absolute atomic E-state index is 11.2. The van der Waals surface area contributed by atoms with E-state index in [1.807, 2.05) is 0 Å². The van der Waals surface area contributed by atoms with Gasteiger partial charge in [-0.1, -0.05) is 0 Å². The summed E-state index contributed by atoms with van der Waals surface area (Å²) in [6.45, 7) is 5.05. The first kappa shape index (κ1) is 14.7. The van der Waals surface area contributed by atoms with Crippen molar-refractivity contribution in [2.45, 2.75) is 33.3 Å². The first-order chi connectivity index (χ1) is 7.37. The molecule has 0 aromatic rings. The van der Waals surface area contributed by atoms with Gasteiger partial charge in [0, 0.05) is 13.0 Å². The molecular formula is C9H16N2O4S. The van der Waals surface area contributed by atoms with Gasteiger partial charge in [0.15, 0.2) is 0 Å². The van der Waals surface area contributed by atoms with Gasteiger partial charge in [0.25, 0.3) is 0 Å². The summed E-state index contributed by atoms with van der Waals surface area (Å²) in [4.78, 5) is 11.0. The second-order valence-electron chi connectivity index (χ2n) is 3.13. The molecule has 0 fully saturated rings. The van der Waals surface area contributed by atoms with Crippen molar-refractivity contribution in [1.29, 1.82) is 0 Å². The summed E-state index contributed by atoms with van der Waals surface area (Å²) in [6, 6.07) is 0. The van der Waals surface area contributed by atoms with Crippen LogP contribution in [0.4, 0.5) is 4.79 Å². The Morgan fingerprint density at radius 3 is 2.56 bits per heavy atom. The predicted molar refractivity (Wildman–Crippen MR) is 59.7 cm³/mol. The van der Waals surface area contributed by atoms with E-state index in [0.717, 1.165) is 0 Å². The largest absolute Gasteiger partial charge is 0.446 e. The van der Waals surface area contributed by atoms with E-state index in [0.29, 0.717) is 6.42 Å². The van der Waals surface area contributed by atoms with Crippen molar-refractivity contribution in [3.8, 4) is 11.8 Å². The Bertz CT molecular complexity index is 378. The minimum absolute atomic E-state index is 0.144. The lowest BCUT2D eigenvalue weighted by Crippen LogP contribution is -2.41. The van der Waals surface area contributed by atoms with Gasteiger partial charge in [0.2, 0.25) is 0 Å². The third kappa shape index (κ3) is 8.08. The van der Waals surface area contributed by atoms with Crippen LogP contribution < -0.4 is 9.44 Å². The van der Waals surface area contributed by atoms with E-state index in [1.165, 1.54) is 0 Å². The Hall–Kier alpha value is -1.26. The van der Waals surface area contributed by atoms with Crippen molar-refractivity contribution in [3.05, 3.63) is 0 Å². The molecular weight excluding hydrogens is 232 g/mol. The number of nitrogens with one attached hydrogen (secondary N) is 2. The van der Waals surface area contributed by atoms with Gasteiger partial charge in [0.1, 0.15) is 0 Å². The maximum Gasteiger partial charge on any atom is 0.422 e. The number of ether oxygens (including phenoxy) is 1. The molecule has 7 heteroatoms. The SMILES string of the molecule is CC#CCCNS(=O)(=O)NC(=O)OC(C)C. The van der Waals surface area contributed by atoms with Crippen molar-refractivity contribution in [3.63, 3.8) is 0 Å². The molecule has 2 N–H and O–H groups in total.